The van der Waals surface area contributed by atoms with Crippen LogP contribution in [0.2, 0.25) is 0 Å². The quantitative estimate of drug-likeness (QED) is 0.882. The average Bonchev–Trinajstić information content (AvgIpc) is 2.43. The summed E-state index contributed by atoms with van der Waals surface area (Å²) in [4.78, 5) is 11.1. The summed E-state index contributed by atoms with van der Waals surface area (Å²) in [5.41, 5.74) is 6.55. The standard InChI is InChI=1S/C15H14BrNO3/c16-12-9-11(15(17)19)5-6-14(12)20-13-4-2-1-3-10(13)7-8-18/h1-6,9,18H,7-8H2,(H2,17,19). The number of primary amides is 1. The Morgan fingerprint density at radius 3 is 2.60 bits per heavy atom. The highest BCUT2D eigenvalue weighted by Crippen LogP contribution is 2.32. The highest BCUT2D eigenvalue weighted by molar-refractivity contribution is 9.10. The van der Waals surface area contributed by atoms with Gasteiger partial charge >= 0.3 is 0 Å². The van der Waals surface area contributed by atoms with Crippen molar-refractivity contribution in [3.05, 3.63) is 58.1 Å². The maximum atomic E-state index is 11.1. The second-order valence-corrected chi connectivity index (χ2v) is 5.05. The highest BCUT2D eigenvalue weighted by atomic mass is 79.9. The number of rotatable bonds is 5. The number of amides is 1. The van der Waals surface area contributed by atoms with Crippen molar-refractivity contribution < 1.29 is 14.6 Å². The Morgan fingerprint density at radius 2 is 1.95 bits per heavy atom. The number of nitrogens with two attached hydrogens (primary N) is 1. The lowest BCUT2D eigenvalue weighted by atomic mass is 10.1. The van der Waals surface area contributed by atoms with Crippen molar-refractivity contribution >= 4 is 21.8 Å². The molecule has 0 aromatic heterocycles. The molecule has 0 heterocycles. The summed E-state index contributed by atoms with van der Waals surface area (Å²) in [6.07, 6.45) is 0.521. The number of carbonyl (C=O) groups is 1. The minimum Gasteiger partial charge on any atom is -0.456 e. The van der Waals surface area contributed by atoms with Gasteiger partial charge in [-0.15, -0.1) is 0 Å². The van der Waals surface area contributed by atoms with E-state index in [1.165, 1.54) is 0 Å². The number of aliphatic hydroxyl groups is 1. The fourth-order valence-electron chi connectivity index (χ4n) is 1.79. The van der Waals surface area contributed by atoms with Gasteiger partial charge in [0, 0.05) is 12.2 Å². The number of hydrogen-bond acceptors (Lipinski definition) is 3. The number of aliphatic hydroxyl groups excluding tert-OH is 1. The average molecular weight is 336 g/mol. The van der Waals surface area contributed by atoms with Crippen LogP contribution in [0.25, 0.3) is 0 Å². The summed E-state index contributed by atoms with van der Waals surface area (Å²) in [5, 5.41) is 9.05. The van der Waals surface area contributed by atoms with Gasteiger partial charge in [-0.3, -0.25) is 4.79 Å². The maximum Gasteiger partial charge on any atom is 0.248 e. The Bertz CT molecular complexity index is 628. The summed E-state index contributed by atoms with van der Waals surface area (Å²) in [6, 6.07) is 12.4. The number of para-hydroxylation sites is 1. The van der Waals surface area contributed by atoms with E-state index in [0.717, 1.165) is 5.56 Å². The molecular formula is C15H14BrNO3. The molecule has 0 fully saturated rings. The molecule has 2 aromatic carbocycles. The van der Waals surface area contributed by atoms with Gasteiger partial charge in [-0.2, -0.15) is 0 Å². The van der Waals surface area contributed by atoms with Crippen LogP contribution in [0, 0.1) is 0 Å². The van der Waals surface area contributed by atoms with Gasteiger partial charge in [0.1, 0.15) is 11.5 Å². The van der Waals surface area contributed by atoms with E-state index in [-0.39, 0.29) is 6.61 Å². The van der Waals surface area contributed by atoms with Crippen molar-refractivity contribution in [1.29, 1.82) is 0 Å². The molecule has 0 aliphatic carbocycles. The van der Waals surface area contributed by atoms with Crippen molar-refractivity contribution in [1.82, 2.24) is 0 Å². The van der Waals surface area contributed by atoms with Crippen LogP contribution >= 0.6 is 15.9 Å². The fourth-order valence-corrected chi connectivity index (χ4v) is 2.25. The third-order valence-corrected chi connectivity index (χ3v) is 3.41. The van der Waals surface area contributed by atoms with E-state index in [0.29, 0.717) is 28.0 Å². The molecule has 4 nitrogen and oxygen atoms in total. The highest BCUT2D eigenvalue weighted by Gasteiger charge is 2.09. The molecule has 0 radical (unpaired) electrons. The van der Waals surface area contributed by atoms with Crippen LogP contribution in [0.4, 0.5) is 0 Å². The molecule has 0 atom stereocenters. The van der Waals surface area contributed by atoms with E-state index >= 15 is 0 Å². The first kappa shape index (κ1) is 14.6. The van der Waals surface area contributed by atoms with Gasteiger partial charge in [-0.05, 0) is 52.2 Å². The zero-order valence-corrected chi connectivity index (χ0v) is 12.3. The number of halogens is 1. The topological polar surface area (TPSA) is 72.6 Å². The maximum absolute atomic E-state index is 11.1. The minimum absolute atomic E-state index is 0.0577. The van der Waals surface area contributed by atoms with Crippen LogP contribution in [0.3, 0.4) is 0 Å². The van der Waals surface area contributed by atoms with Crippen LogP contribution in [0.1, 0.15) is 15.9 Å². The molecule has 5 heteroatoms. The summed E-state index contributed by atoms with van der Waals surface area (Å²) in [6.45, 7) is 0.0577. The molecule has 0 aliphatic heterocycles. The normalized spacial score (nSPS) is 10.3. The van der Waals surface area contributed by atoms with Crippen molar-refractivity contribution in [3.8, 4) is 11.5 Å². The molecule has 0 spiro atoms. The van der Waals surface area contributed by atoms with Gasteiger partial charge < -0.3 is 15.6 Å². The van der Waals surface area contributed by atoms with E-state index in [4.69, 9.17) is 15.6 Å². The predicted octanol–water partition coefficient (Wildman–Crippen LogP) is 2.88. The third kappa shape index (κ3) is 3.37. The molecular weight excluding hydrogens is 322 g/mol. The largest absolute Gasteiger partial charge is 0.456 e. The van der Waals surface area contributed by atoms with Gasteiger partial charge in [0.05, 0.1) is 4.47 Å². The predicted molar refractivity (Wildman–Crippen MR) is 80.0 cm³/mol. The van der Waals surface area contributed by atoms with E-state index < -0.39 is 5.91 Å². The number of carbonyl (C=O) groups excluding carboxylic acids is 1. The molecule has 0 saturated heterocycles. The third-order valence-electron chi connectivity index (χ3n) is 2.79. The van der Waals surface area contributed by atoms with Crippen molar-refractivity contribution in [2.45, 2.75) is 6.42 Å². The number of hydrogen-bond donors (Lipinski definition) is 2. The van der Waals surface area contributed by atoms with Crippen molar-refractivity contribution in [3.63, 3.8) is 0 Å². The molecule has 3 N–H and O–H groups in total. The zero-order chi connectivity index (χ0) is 14.5. The first-order valence-corrected chi connectivity index (χ1v) is 6.87. The van der Waals surface area contributed by atoms with Crippen LogP contribution in [-0.4, -0.2) is 17.6 Å². The molecule has 2 rings (SSSR count). The summed E-state index contributed by atoms with van der Waals surface area (Å²) >= 11 is 3.35. The first-order valence-electron chi connectivity index (χ1n) is 6.08. The fraction of sp³-hybridized carbons (Fsp3) is 0.133. The Kier molecular flexibility index (Phi) is 4.76. The summed E-state index contributed by atoms with van der Waals surface area (Å²) in [7, 11) is 0. The Balaban J connectivity index is 2.28. The van der Waals surface area contributed by atoms with Crippen molar-refractivity contribution in [2.75, 3.05) is 6.61 Å². The van der Waals surface area contributed by atoms with E-state index in [2.05, 4.69) is 15.9 Å². The molecule has 0 aliphatic rings. The van der Waals surface area contributed by atoms with Crippen LogP contribution in [0.15, 0.2) is 46.9 Å². The van der Waals surface area contributed by atoms with E-state index in [1.807, 2.05) is 24.3 Å². The van der Waals surface area contributed by atoms with Gasteiger partial charge in [0.2, 0.25) is 5.91 Å². The van der Waals surface area contributed by atoms with Crippen LogP contribution in [-0.2, 0) is 6.42 Å². The van der Waals surface area contributed by atoms with E-state index in [9.17, 15) is 4.79 Å². The lowest BCUT2D eigenvalue weighted by molar-refractivity contribution is 0.1000. The molecule has 0 bridgehead atoms. The SMILES string of the molecule is NC(=O)c1ccc(Oc2ccccc2CCO)c(Br)c1. The van der Waals surface area contributed by atoms with Gasteiger partial charge in [0.15, 0.2) is 0 Å². The zero-order valence-electron chi connectivity index (χ0n) is 10.7. The monoisotopic (exact) mass is 335 g/mol. The Labute approximate surface area is 125 Å². The molecule has 104 valence electrons. The first-order chi connectivity index (χ1) is 9.61. The molecule has 0 unspecified atom stereocenters. The van der Waals surface area contributed by atoms with E-state index in [1.54, 1.807) is 18.2 Å². The minimum atomic E-state index is -0.488. The lowest BCUT2D eigenvalue weighted by Gasteiger charge is -2.12. The number of benzene rings is 2. The Morgan fingerprint density at radius 1 is 1.20 bits per heavy atom. The molecule has 1 amide bonds. The molecule has 0 saturated carbocycles. The molecule has 2 aromatic rings. The Hall–Kier alpha value is -1.85. The smallest absolute Gasteiger partial charge is 0.248 e. The van der Waals surface area contributed by atoms with Gasteiger partial charge in [-0.1, -0.05) is 18.2 Å². The summed E-state index contributed by atoms with van der Waals surface area (Å²) < 4.78 is 6.46. The molecule has 20 heavy (non-hydrogen) atoms. The second-order valence-electron chi connectivity index (χ2n) is 4.19. The van der Waals surface area contributed by atoms with Gasteiger partial charge in [-0.25, -0.2) is 0 Å². The van der Waals surface area contributed by atoms with Crippen LogP contribution in [0.5, 0.6) is 11.5 Å². The van der Waals surface area contributed by atoms with Crippen LogP contribution < -0.4 is 10.5 Å². The summed E-state index contributed by atoms with van der Waals surface area (Å²) in [5.74, 6) is 0.771. The lowest BCUT2D eigenvalue weighted by Crippen LogP contribution is -2.10. The second kappa shape index (κ2) is 6.54. The number of ether oxygens (including phenoxy) is 1. The van der Waals surface area contributed by atoms with Gasteiger partial charge in [0.25, 0.3) is 0 Å². The van der Waals surface area contributed by atoms with Crippen molar-refractivity contribution in [2.24, 2.45) is 5.73 Å².